The zero-order chi connectivity index (χ0) is 16.2. The second-order valence-corrected chi connectivity index (χ2v) is 6.42. The van der Waals surface area contributed by atoms with Crippen molar-refractivity contribution in [1.82, 2.24) is 19.5 Å². The van der Waals surface area contributed by atoms with Gasteiger partial charge in [0.1, 0.15) is 18.2 Å². The third kappa shape index (κ3) is 3.99. The molecule has 0 aliphatic heterocycles. The van der Waals surface area contributed by atoms with Crippen molar-refractivity contribution < 1.29 is 23.5 Å². The maximum Gasteiger partial charge on any atom is 0.353 e. The lowest BCUT2D eigenvalue weighted by Gasteiger charge is -2.19. The molecule has 2 atom stereocenters. The Hall–Kier alpha value is -1.58. The van der Waals surface area contributed by atoms with Crippen LogP contribution in [0.3, 0.4) is 0 Å². The van der Waals surface area contributed by atoms with Crippen LogP contribution in [0.4, 0.5) is 5.82 Å². The molecular weight excluding hydrogens is 313 g/mol. The van der Waals surface area contributed by atoms with E-state index in [-0.39, 0.29) is 12.4 Å². The fourth-order valence-corrected chi connectivity index (χ4v) is 2.35. The van der Waals surface area contributed by atoms with Crippen LogP contribution in [-0.4, -0.2) is 57.7 Å². The fraction of sp³-hybridized carbons (Fsp3) is 0.545. The zero-order valence-corrected chi connectivity index (χ0v) is 13.1. The summed E-state index contributed by atoms with van der Waals surface area (Å²) in [4.78, 5) is 21.5. The summed E-state index contributed by atoms with van der Waals surface area (Å²) in [6.07, 6.45) is 1.99. The summed E-state index contributed by atoms with van der Waals surface area (Å²) in [7, 11) is -1.08. The number of nitrogen functional groups attached to an aromatic ring is 1. The van der Waals surface area contributed by atoms with E-state index < -0.39 is 20.0 Å². The van der Waals surface area contributed by atoms with E-state index in [2.05, 4.69) is 19.5 Å². The molecule has 0 aliphatic carbocycles. The third-order valence-corrected chi connectivity index (χ3v) is 3.99. The van der Waals surface area contributed by atoms with Gasteiger partial charge in [0.25, 0.3) is 0 Å². The van der Waals surface area contributed by atoms with Gasteiger partial charge in [-0.25, -0.2) is 15.0 Å². The highest BCUT2D eigenvalue weighted by atomic mass is 31.2. The van der Waals surface area contributed by atoms with E-state index >= 15 is 0 Å². The molecule has 0 saturated heterocycles. The largest absolute Gasteiger partial charge is 0.382 e. The average molecular weight is 331 g/mol. The molecule has 0 fully saturated rings. The lowest BCUT2D eigenvalue weighted by Crippen LogP contribution is -2.25. The van der Waals surface area contributed by atoms with Gasteiger partial charge in [-0.1, -0.05) is 0 Å². The van der Waals surface area contributed by atoms with Gasteiger partial charge in [-0.05, 0) is 0 Å². The molecule has 0 bridgehead atoms. The fourth-order valence-electron chi connectivity index (χ4n) is 1.84. The van der Waals surface area contributed by atoms with Gasteiger partial charge < -0.3 is 29.2 Å². The maximum atomic E-state index is 11.5. The minimum atomic E-state index is -3.75. The molecular formula is C11H18N5O5P. The summed E-state index contributed by atoms with van der Waals surface area (Å²) in [6, 6.07) is 0. The molecule has 22 heavy (non-hydrogen) atoms. The van der Waals surface area contributed by atoms with E-state index in [1.807, 2.05) is 0 Å². The quantitative estimate of drug-likeness (QED) is 0.651. The Labute approximate surface area is 126 Å². The summed E-state index contributed by atoms with van der Waals surface area (Å²) in [5.41, 5.74) is 6.76. The number of anilines is 1. The molecule has 0 saturated carbocycles. The predicted octanol–water partition coefficient (Wildman–Crippen LogP) is 0.229. The highest BCUT2D eigenvalue weighted by Gasteiger charge is 2.22. The van der Waals surface area contributed by atoms with Gasteiger partial charge in [0.05, 0.1) is 25.6 Å². The monoisotopic (exact) mass is 331 g/mol. The van der Waals surface area contributed by atoms with E-state index in [4.69, 9.17) is 15.2 Å². The van der Waals surface area contributed by atoms with Crippen LogP contribution in [-0.2, 0) is 25.1 Å². The second-order valence-electron chi connectivity index (χ2n) is 4.52. The van der Waals surface area contributed by atoms with Gasteiger partial charge >= 0.3 is 7.60 Å². The smallest absolute Gasteiger partial charge is 0.353 e. The molecule has 0 aromatic carbocycles. The van der Waals surface area contributed by atoms with Crippen LogP contribution in [0.1, 0.15) is 0 Å². The van der Waals surface area contributed by atoms with Gasteiger partial charge in [-0.3, -0.25) is 4.57 Å². The number of nitrogens with two attached hydrogens (primary N) is 1. The highest BCUT2D eigenvalue weighted by molar-refractivity contribution is 7.52. The second kappa shape index (κ2) is 7.12. The number of fused-ring (bicyclic) bond motifs is 1. The molecule has 0 aliphatic rings. The number of ether oxygens (including phenoxy) is 2. The summed E-state index contributed by atoms with van der Waals surface area (Å²) >= 11 is 0. The minimum Gasteiger partial charge on any atom is -0.382 e. The van der Waals surface area contributed by atoms with Gasteiger partial charge in [0.2, 0.25) is 0 Å². The van der Waals surface area contributed by atoms with Crippen LogP contribution in [0.5, 0.6) is 0 Å². The Morgan fingerprint density at radius 3 is 2.86 bits per heavy atom. The summed E-state index contributed by atoms with van der Waals surface area (Å²) in [5, 5.41) is 0. The highest BCUT2D eigenvalue weighted by Crippen LogP contribution is 2.40. The van der Waals surface area contributed by atoms with Gasteiger partial charge in [0.15, 0.2) is 11.5 Å². The van der Waals surface area contributed by atoms with Crippen LogP contribution in [0, 0.1) is 0 Å². The first-order valence-electron chi connectivity index (χ1n) is 6.36. The summed E-state index contributed by atoms with van der Waals surface area (Å²) in [5.74, 6) is 0.284. The van der Waals surface area contributed by atoms with E-state index in [9.17, 15) is 9.46 Å². The van der Waals surface area contributed by atoms with Crippen molar-refractivity contribution >= 4 is 24.6 Å². The first-order chi connectivity index (χ1) is 10.5. The van der Waals surface area contributed by atoms with Crippen LogP contribution in [0.15, 0.2) is 12.7 Å². The molecule has 3 N–H and O–H groups in total. The maximum absolute atomic E-state index is 11.5. The number of hydrogen-bond acceptors (Lipinski definition) is 8. The van der Waals surface area contributed by atoms with Crippen molar-refractivity contribution in [3.63, 3.8) is 0 Å². The number of nitrogens with zero attached hydrogens (tertiary/aromatic N) is 4. The third-order valence-electron chi connectivity index (χ3n) is 2.94. The minimum absolute atomic E-state index is 0.226. The Morgan fingerprint density at radius 2 is 2.18 bits per heavy atom. The lowest BCUT2D eigenvalue weighted by molar-refractivity contribution is 0.00336. The molecule has 122 valence electrons. The topological polar surface area (TPSA) is 135 Å². The van der Waals surface area contributed by atoms with Crippen molar-refractivity contribution in [3.8, 4) is 0 Å². The van der Waals surface area contributed by atoms with E-state index in [1.54, 1.807) is 10.9 Å². The first kappa shape index (κ1) is 16.8. The standard InChI is InChI=1S/C11H18N5O5P/c1-19-4-8(21-7-22(17,18)20-2)3-16-6-15-9-10(12)13-5-14-11(9)16/h5-6,8H,3-4,7H2,1-2H3,(H,17,18)(H2,12,13,14)/t8-/m1/s1. The molecule has 2 aromatic heterocycles. The molecule has 0 spiro atoms. The molecule has 2 heterocycles. The average Bonchev–Trinajstić information content (AvgIpc) is 2.90. The number of methoxy groups -OCH3 is 1. The Morgan fingerprint density at radius 1 is 1.41 bits per heavy atom. The molecule has 10 nitrogen and oxygen atoms in total. The van der Waals surface area contributed by atoms with Crippen molar-refractivity contribution in [2.45, 2.75) is 12.6 Å². The van der Waals surface area contributed by atoms with Gasteiger partial charge in [0, 0.05) is 14.2 Å². The van der Waals surface area contributed by atoms with Crippen LogP contribution in [0.25, 0.3) is 11.2 Å². The van der Waals surface area contributed by atoms with Crippen molar-refractivity contribution in [3.05, 3.63) is 12.7 Å². The van der Waals surface area contributed by atoms with E-state index in [1.165, 1.54) is 13.4 Å². The van der Waals surface area contributed by atoms with Crippen molar-refractivity contribution in [2.75, 3.05) is 32.9 Å². The van der Waals surface area contributed by atoms with Crippen LogP contribution in [0.2, 0.25) is 0 Å². The molecule has 0 amide bonds. The molecule has 2 aromatic rings. The lowest BCUT2D eigenvalue weighted by atomic mass is 10.3. The predicted molar refractivity (Wildman–Crippen MR) is 78.2 cm³/mol. The molecule has 2 rings (SSSR count). The van der Waals surface area contributed by atoms with Crippen LogP contribution >= 0.6 is 7.60 Å². The SMILES string of the molecule is COC[C@@H](Cn1cnc2c(N)ncnc21)OCP(=O)(O)OC. The molecule has 1 unspecified atom stereocenters. The number of rotatable bonds is 8. The first-order valence-corrected chi connectivity index (χ1v) is 8.12. The Bertz CT molecular complexity index is 678. The normalized spacial score (nSPS) is 15.8. The van der Waals surface area contributed by atoms with Gasteiger partial charge in [-0.15, -0.1) is 0 Å². The molecule has 0 radical (unpaired) electrons. The molecule has 11 heteroatoms. The van der Waals surface area contributed by atoms with Crippen LogP contribution < -0.4 is 5.73 Å². The van der Waals surface area contributed by atoms with E-state index in [0.29, 0.717) is 17.7 Å². The Balaban J connectivity index is 2.12. The zero-order valence-electron chi connectivity index (χ0n) is 12.2. The van der Waals surface area contributed by atoms with Crippen molar-refractivity contribution in [1.29, 1.82) is 0 Å². The Kier molecular flexibility index (Phi) is 5.43. The number of hydrogen-bond donors (Lipinski definition) is 2. The summed E-state index contributed by atoms with van der Waals surface area (Å²) in [6.45, 7) is 0.550. The summed E-state index contributed by atoms with van der Waals surface area (Å²) < 4.78 is 28.1. The van der Waals surface area contributed by atoms with Gasteiger partial charge in [-0.2, -0.15) is 0 Å². The van der Waals surface area contributed by atoms with E-state index in [0.717, 1.165) is 7.11 Å². The van der Waals surface area contributed by atoms with Crippen molar-refractivity contribution in [2.24, 2.45) is 0 Å². The number of aromatic nitrogens is 4. The number of imidazole rings is 1.